The fourth-order valence-electron chi connectivity index (χ4n) is 2.10. The van der Waals surface area contributed by atoms with Crippen LogP contribution < -0.4 is 0 Å². The average Bonchev–Trinajstić information content (AvgIpc) is 2.76. The van der Waals surface area contributed by atoms with Gasteiger partial charge in [-0.3, -0.25) is 9.69 Å². The van der Waals surface area contributed by atoms with Crippen LogP contribution in [0.1, 0.15) is 5.56 Å². The SMILES string of the molecule is CN1C(=O)C(=Cc2ccc(-c3ccccc3)cc2)SC1=S. The van der Waals surface area contributed by atoms with Gasteiger partial charge in [0.1, 0.15) is 4.32 Å². The molecule has 104 valence electrons. The van der Waals surface area contributed by atoms with E-state index in [-0.39, 0.29) is 5.91 Å². The standard InChI is InChI=1S/C17H13NOS2/c1-18-16(19)15(21-17(18)20)11-12-7-9-14(10-8-12)13-5-3-2-4-6-13/h2-11H,1H3. The molecule has 1 amide bonds. The van der Waals surface area contributed by atoms with Crippen molar-refractivity contribution in [3.8, 4) is 11.1 Å². The summed E-state index contributed by atoms with van der Waals surface area (Å²) in [6.45, 7) is 0. The fourth-order valence-corrected chi connectivity index (χ4v) is 3.28. The van der Waals surface area contributed by atoms with Crippen LogP contribution in [0, 0.1) is 0 Å². The Hall–Kier alpha value is -1.91. The lowest BCUT2D eigenvalue weighted by atomic mass is 10.0. The number of nitrogens with zero attached hydrogens (tertiary/aromatic N) is 1. The topological polar surface area (TPSA) is 20.3 Å². The number of likely N-dealkylation sites (N-methyl/N-ethyl adjacent to an activating group) is 1. The Morgan fingerprint density at radius 2 is 1.62 bits per heavy atom. The average molecular weight is 311 g/mol. The molecule has 0 aliphatic carbocycles. The van der Waals surface area contributed by atoms with Gasteiger partial charge in [0.05, 0.1) is 4.91 Å². The summed E-state index contributed by atoms with van der Waals surface area (Å²) in [5.74, 6) is -0.0304. The van der Waals surface area contributed by atoms with E-state index in [1.54, 1.807) is 7.05 Å². The molecule has 4 heteroatoms. The molecule has 0 saturated carbocycles. The third-order valence-electron chi connectivity index (χ3n) is 3.30. The van der Waals surface area contributed by atoms with Gasteiger partial charge in [0.2, 0.25) is 0 Å². The molecule has 0 bridgehead atoms. The highest BCUT2D eigenvalue weighted by Gasteiger charge is 2.28. The lowest BCUT2D eigenvalue weighted by Crippen LogP contribution is -2.22. The van der Waals surface area contributed by atoms with E-state index in [1.165, 1.54) is 22.2 Å². The molecule has 0 radical (unpaired) electrons. The molecule has 2 aromatic carbocycles. The van der Waals surface area contributed by atoms with Crippen molar-refractivity contribution in [2.45, 2.75) is 0 Å². The van der Waals surface area contributed by atoms with Crippen molar-refractivity contribution in [1.29, 1.82) is 0 Å². The third-order valence-corrected chi connectivity index (χ3v) is 4.79. The molecule has 1 aliphatic rings. The number of thiocarbonyl (C=S) groups is 1. The largest absolute Gasteiger partial charge is 0.296 e. The highest BCUT2D eigenvalue weighted by molar-refractivity contribution is 8.26. The minimum Gasteiger partial charge on any atom is -0.296 e. The zero-order chi connectivity index (χ0) is 14.8. The number of thioether (sulfide) groups is 1. The molecule has 1 fully saturated rings. The molecule has 21 heavy (non-hydrogen) atoms. The van der Waals surface area contributed by atoms with Crippen molar-refractivity contribution in [2.75, 3.05) is 7.05 Å². The van der Waals surface area contributed by atoms with Gasteiger partial charge in [0.25, 0.3) is 5.91 Å². The summed E-state index contributed by atoms with van der Waals surface area (Å²) in [7, 11) is 1.71. The Kier molecular flexibility index (Phi) is 3.90. The molecule has 1 heterocycles. The Morgan fingerprint density at radius 3 is 2.19 bits per heavy atom. The van der Waals surface area contributed by atoms with E-state index in [0.29, 0.717) is 9.23 Å². The van der Waals surface area contributed by atoms with Crippen molar-refractivity contribution in [3.63, 3.8) is 0 Å². The van der Waals surface area contributed by atoms with Crippen molar-refractivity contribution in [3.05, 3.63) is 65.1 Å². The van der Waals surface area contributed by atoms with Crippen LogP contribution in [0.4, 0.5) is 0 Å². The predicted molar refractivity (Wildman–Crippen MR) is 92.8 cm³/mol. The van der Waals surface area contributed by atoms with E-state index in [1.807, 2.05) is 36.4 Å². The molecule has 0 spiro atoms. The predicted octanol–water partition coefficient (Wildman–Crippen LogP) is 4.18. The zero-order valence-corrected chi connectivity index (χ0v) is 13.1. The summed E-state index contributed by atoms with van der Waals surface area (Å²) in [5.41, 5.74) is 3.35. The normalized spacial score (nSPS) is 16.8. The van der Waals surface area contributed by atoms with Crippen molar-refractivity contribution >= 4 is 40.3 Å². The van der Waals surface area contributed by atoms with Crippen LogP contribution >= 0.6 is 24.0 Å². The number of carbonyl (C=O) groups excluding carboxylic acids is 1. The number of amides is 1. The van der Waals surface area contributed by atoms with Gasteiger partial charge >= 0.3 is 0 Å². The first-order valence-corrected chi connectivity index (χ1v) is 7.75. The molecule has 1 aliphatic heterocycles. The summed E-state index contributed by atoms with van der Waals surface area (Å²) in [6.07, 6.45) is 1.89. The maximum Gasteiger partial charge on any atom is 0.265 e. The van der Waals surface area contributed by atoms with Gasteiger partial charge in [-0.05, 0) is 22.8 Å². The number of rotatable bonds is 2. The summed E-state index contributed by atoms with van der Waals surface area (Å²) >= 11 is 6.47. The fraction of sp³-hybridized carbons (Fsp3) is 0.0588. The Labute approximate surface area is 133 Å². The smallest absolute Gasteiger partial charge is 0.265 e. The first-order valence-electron chi connectivity index (χ1n) is 6.52. The van der Waals surface area contributed by atoms with E-state index >= 15 is 0 Å². The van der Waals surface area contributed by atoms with Gasteiger partial charge in [-0.15, -0.1) is 0 Å². The Bertz CT molecular complexity index is 720. The van der Waals surface area contributed by atoms with Crippen molar-refractivity contribution in [1.82, 2.24) is 4.90 Å². The van der Waals surface area contributed by atoms with Crippen LogP contribution in [0.3, 0.4) is 0 Å². The second-order valence-corrected chi connectivity index (χ2v) is 6.40. The monoisotopic (exact) mass is 311 g/mol. The minimum absolute atomic E-state index is 0.0304. The van der Waals surface area contributed by atoms with E-state index in [0.717, 1.165) is 11.1 Å². The molecule has 0 unspecified atom stereocenters. The van der Waals surface area contributed by atoms with Gasteiger partial charge in [-0.2, -0.15) is 0 Å². The lowest BCUT2D eigenvalue weighted by molar-refractivity contribution is -0.121. The number of hydrogen-bond acceptors (Lipinski definition) is 3. The molecule has 2 nitrogen and oxygen atoms in total. The maximum absolute atomic E-state index is 12.0. The van der Waals surface area contributed by atoms with Gasteiger partial charge in [0.15, 0.2) is 0 Å². The van der Waals surface area contributed by atoms with Gasteiger partial charge in [-0.25, -0.2) is 0 Å². The Morgan fingerprint density at radius 1 is 1.00 bits per heavy atom. The quantitative estimate of drug-likeness (QED) is 0.613. The van der Waals surface area contributed by atoms with E-state index in [9.17, 15) is 4.79 Å². The number of carbonyl (C=O) groups is 1. The van der Waals surface area contributed by atoms with Crippen LogP contribution in [0.2, 0.25) is 0 Å². The van der Waals surface area contributed by atoms with Crippen LogP contribution in [-0.2, 0) is 4.79 Å². The first kappa shape index (κ1) is 14.0. The molecular formula is C17H13NOS2. The van der Waals surface area contributed by atoms with Crippen molar-refractivity contribution in [2.24, 2.45) is 0 Å². The number of benzene rings is 2. The third kappa shape index (κ3) is 2.91. The van der Waals surface area contributed by atoms with Gasteiger partial charge in [-0.1, -0.05) is 78.6 Å². The van der Waals surface area contributed by atoms with Gasteiger partial charge in [0, 0.05) is 7.05 Å². The lowest BCUT2D eigenvalue weighted by Gasteiger charge is -2.04. The first-order chi connectivity index (χ1) is 10.1. The highest BCUT2D eigenvalue weighted by atomic mass is 32.2. The van der Waals surface area contributed by atoms with Crippen LogP contribution in [-0.4, -0.2) is 22.2 Å². The summed E-state index contributed by atoms with van der Waals surface area (Å²) < 4.78 is 0.604. The summed E-state index contributed by atoms with van der Waals surface area (Å²) in [5, 5.41) is 0. The zero-order valence-electron chi connectivity index (χ0n) is 11.4. The van der Waals surface area contributed by atoms with Crippen molar-refractivity contribution < 1.29 is 4.79 Å². The molecule has 1 saturated heterocycles. The summed E-state index contributed by atoms with van der Waals surface area (Å²) in [4.78, 5) is 14.1. The second kappa shape index (κ2) is 5.84. The second-order valence-electron chi connectivity index (χ2n) is 4.73. The van der Waals surface area contributed by atoms with E-state index in [4.69, 9.17) is 12.2 Å². The molecule has 0 atom stereocenters. The minimum atomic E-state index is -0.0304. The maximum atomic E-state index is 12.0. The molecule has 0 aromatic heterocycles. The van der Waals surface area contributed by atoms with Gasteiger partial charge < -0.3 is 0 Å². The number of hydrogen-bond donors (Lipinski definition) is 0. The summed E-state index contributed by atoms with van der Waals surface area (Å²) in [6, 6.07) is 18.4. The van der Waals surface area contributed by atoms with Crippen LogP contribution in [0.15, 0.2) is 59.5 Å². The van der Waals surface area contributed by atoms with Crippen LogP contribution in [0.25, 0.3) is 17.2 Å². The Balaban J connectivity index is 1.86. The van der Waals surface area contributed by atoms with Crippen LogP contribution in [0.5, 0.6) is 0 Å². The van der Waals surface area contributed by atoms with E-state index < -0.39 is 0 Å². The molecule has 3 rings (SSSR count). The van der Waals surface area contributed by atoms with E-state index in [2.05, 4.69) is 24.3 Å². The molecular weight excluding hydrogens is 298 g/mol. The highest BCUT2D eigenvalue weighted by Crippen LogP contribution is 2.31. The molecule has 2 aromatic rings. The molecule has 0 N–H and O–H groups in total.